The van der Waals surface area contributed by atoms with Crippen LogP contribution in [0.2, 0.25) is 0 Å². The van der Waals surface area contributed by atoms with Gasteiger partial charge in [-0.2, -0.15) is 0 Å². The van der Waals surface area contributed by atoms with Crippen LogP contribution in [0.3, 0.4) is 0 Å². The molecule has 0 bridgehead atoms. The minimum Gasteiger partial charge on any atom is -0.441 e. The molecule has 0 aliphatic carbocycles. The second-order valence-electron chi connectivity index (χ2n) is 8.29. The van der Waals surface area contributed by atoms with E-state index in [1.807, 2.05) is 56.3 Å². The van der Waals surface area contributed by atoms with Crippen molar-refractivity contribution >= 4 is 15.6 Å². The zero-order chi connectivity index (χ0) is 22.4. The molecule has 0 aliphatic rings. The maximum atomic E-state index is 12.6. The number of sulfone groups is 1. The first-order valence-electron chi connectivity index (χ1n) is 10.5. The SMILES string of the molecule is Cc1ccc(-c2nc(CS(=O)(=O)CC(=O)CC(C)CCc3ccccc3)c(C)o2)cc1. The van der Waals surface area contributed by atoms with E-state index in [1.54, 1.807) is 6.92 Å². The number of carbonyl (C=O) groups is 1. The number of ketones is 1. The van der Waals surface area contributed by atoms with Gasteiger partial charge in [0.2, 0.25) is 5.89 Å². The third-order valence-electron chi connectivity index (χ3n) is 5.27. The van der Waals surface area contributed by atoms with Crippen LogP contribution in [-0.2, 0) is 26.8 Å². The molecule has 164 valence electrons. The van der Waals surface area contributed by atoms with Crippen LogP contribution in [0.15, 0.2) is 59.0 Å². The number of rotatable bonds is 10. The fourth-order valence-electron chi connectivity index (χ4n) is 3.49. The number of hydrogen-bond acceptors (Lipinski definition) is 5. The minimum absolute atomic E-state index is 0.129. The number of nitrogens with zero attached hydrogens (tertiary/aromatic N) is 1. The van der Waals surface area contributed by atoms with Crippen molar-refractivity contribution in [3.8, 4) is 11.5 Å². The summed E-state index contributed by atoms with van der Waals surface area (Å²) in [6, 6.07) is 17.8. The molecule has 2 aromatic carbocycles. The van der Waals surface area contributed by atoms with Crippen LogP contribution in [0.4, 0.5) is 0 Å². The lowest BCUT2D eigenvalue weighted by Gasteiger charge is -2.10. The van der Waals surface area contributed by atoms with Gasteiger partial charge in [-0.25, -0.2) is 13.4 Å². The van der Waals surface area contributed by atoms with Crippen LogP contribution in [-0.4, -0.2) is 24.9 Å². The van der Waals surface area contributed by atoms with Gasteiger partial charge in [0.05, 0.1) is 11.4 Å². The lowest BCUT2D eigenvalue weighted by molar-refractivity contribution is -0.117. The van der Waals surface area contributed by atoms with Crippen molar-refractivity contribution in [2.45, 2.75) is 45.8 Å². The van der Waals surface area contributed by atoms with E-state index in [0.29, 0.717) is 17.3 Å². The molecule has 0 N–H and O–H groups in total. The van der Waals surface area contributed by atoms with Crippen molar-refractivity contribution in [1.29, 1.82) is 0 Å². The Morgan fingerprint density at radius 2 is 1.71 bits per heavy atom. The summed E-state index contributed by atoms with van der Waals surface area (Å²) in [5.74, 6) is -0.0237. The number of aryl methyl sites for hydroxylation is 3. The van der Waals surface area contributed by atoms with Crippen molar-refractivity contribution in [3.63, 3.8) is 0 Å². The van der Waals surface area contributed by atoms with Crippen molar-refractivity contribution in [2.75, 3.05) is 5.75 Å². The quantitative estimate of drug-likeness (QED) is 0.439. The van der Waals surface area contributed by atoms with Gasteiger partial charge in [-0.1, -0.05) is 55.0 Å². The summed E-state index contributed by atoms with van der Waals surface area (Å²) in [5.41, 5.74) is 3.49. The van der Waals surface area contributed by atoms with Crippen molar-refractivity contribution < 1.29 is 17.6 Å². The van der Waals surface area contributed by atoms with Gasteiger partial charge in [-0.15, -0.1) is 0 Å². The lowest BCUT2D eigenvalue weighted by atomic mass is 9.97. The molecule has 0 spiro atoms. The first kappa shape index (κ1) is 22.9. The molecule has 0 radical (unpaired) electrons. The van der Waals surface area contributed by atoms with Crippen LogP contribution in [0.5, 0.6) is 0 Å². The standard InChI is InChI=1S/C25H29NO4S/c1-18-10-13-22(14-11-18)25-26-24(20(3)30-25)17-31(28,29)16-23(27)15-19(2)9-12-21-7-5-4-6-8-21/h4-8,10-11,13-14,19H,9,12,15-17H2,1-3H3. The zero-order valence-corrected chi connectivity index (χ0v) is 19.1. The van der Waals surface area contributed by atoms with E-state index >= 15 is 0 Å². The van der Waals surface area contributed by atoms with Gasteiger partial charge in [-0.3, -0.25) is 4.79 Å². The van der Waals surface area contributed by atoms with Gasteiger partial charge >= 0.3 is 0 Å². The Kier molecular flexibility index (Phi) is 7.44. The molecule has 0 saturated heterocycles. The largest absolute Gasteiger partial charge is 0.441 e. The molecule has 0 aliphatic heterocycles. The summed E-state index contributed by atoms with van der Waals surface area (Å²) in [7, 11) is -3.62. The second kappa shape index (κ2) is 10.1. The van der Waals surface area contributed by atoms with Crippen LogP contribution >= 0.6 is 0 Å². The summed E-state index contributed by atoms with van der Waals surface area (Å²) in [6.07, 6.45) is 1.98. The van der Waals surface area contributed by atoms with Gasteiger partial charge in [0, 0.05) is 12.0 Å². The predicted octanol–water partition coefficient (Wildman–Crippen LogP) is 5.10. The van der Waals surface area contributed by atoms with Gasteiger partial charge < -0.3 is 4.42 Å². The average molecular weight is 440 g/mol. The zero-order valence-electron chi connectivity index (χ0n) is 18.3. The topological polar surface area (TPSA) is 77.2 Å². The molecule has 31 heavy (non-hydrogen) atoms. The molecule has 0 fully saturated rings. The van der Waals surface area contributed by atoms with E-state index in [2.05, 4.69) is 17.1 Å². The predicted molar refractivity (Wildman–Crippen MR) is 122 cm³/mol. The van der Waals surface area contributed by atoms with Crippen LogP contribution in [0.25, 0.3) is 11.5 Å². The molecule has 1 heterocycles. The fraction of sp³-hybridized carbons (Fsp3) is 0.360. The Bertz CT molecular complexity index is 1120. The number of benzene rings is 2. The first-order chi connectivity index (χ1) is 14.7. The second-order valence-corrected chi connectivity index (χ2v) is 10.4. The molecule has 1 unspecified atom stereocenters. The molecule has 5 nitrogen and oxygen atoms in total. The molecule has 0 saturated carbocycles. The Morgan fingerprint density at radius 3 is 2.39 bits per heavy atom. The van der Waals surface area contributed by atoms with Gasteiger partial charge in [0.25, 0.3) is 0 Å². The van der Waals surface area contributed by atoms with E-state index in [-0.39, 0.29) is 23.9 Å². The Labute approximate surface area is 184 Å². The highest BCUT2D eigenvalue weighted by molar-refractivity contribution is 7.91. The first-order valence-corrected chi connectivity index (χ1v) is 12.3. The number of aromatic nitrogens is 1. The molecular formula is C25H29NO4S. The number of Topliss-reactive ketones (excluding diaryl/α,β-unsaturated/α-hetero) is 1. The van der Waals surface area contributed by atoms with Crippen molar-refractivity contribution in [1.82, 2.24) is 4.98 Å². The summed E-state index contributed by atoms with van der Waals surface area (Å²) < 4.78 is 30.9. The Morgan fingerprint density at radius 1 is 1.03 bits per heavy atom. The molecule has 0 amide bonds. The van der Waals surface area contributed by atoms with E-state index in [0.717, 1.165) is 24.0 Å². The van der Waals surface area contributed by atoms with E-state index in [4.69, 9.17) is 4.42 Å². The summed E-state index contributed by atoms with van der Waals surface area (Å²) in [6.45, 7) is 5.67. The fourth-order valence-corrected chi connectivity index (χ4v) is 4.89. The highest BCUT2D eigenvalue weighted by Crippen LogP contribution is 2.23. The van der Waals surface area contributed by atoms with Crippen LogP contribution in [0, 0.1) is 19.8 Å². The van der Waals surface area contributed by atoms with Crippen molar-refractivity contribution in [3.05, 3.63) is 77.2 Å². The number of hydrogen-bond donors (Lipinski definition) is 0. The average Bonchev–Trinajstić information content (AvgIpc) is 3.06. The van der Waals surface area contributed by atoms with E-state index in [9.17, 15) is 13.2 Å². The molecule has 1 aromatic heterocycles. The smallest absolute Gasteiger partial charge is 0.226 e. The Balaban J connectivity index is 1.55. The lowest BCUT2D eigenvalue weighted by Crippen LogP contribution is -2.20. The maximum Gasteiger partial charge on any atom is 0.226 e. The normalized spacial score (nSPS) is 12.6. The third-order valence-corrected chi connectivity index (χ3v) is 6.75. The van der Waals surface area contributed by atoms with E-state index < -0.39 is 15.6 Å². The van der Waals surface area contributed by atoms with E-state index in [1.165, 1.54) is 5.56 Å². The maximum absolute atomic E-state index is 12.6. The molecular weight excluding hydrogens is 410 g/mol. The summed E-state index contributed by atoms with van der Waals surface area (Å²) in [4.78, 5) is 16.8. The van der Waals surface area contributed by atoms with Crippen LogP contribution < -0.4 is 0 Å². The highest BCUT2D eigenvalue weighted by Gasteiger charge is 2.23. The molecule has 3 rings (SSSR count). The van der Waals surface area contributed by atoms with Gasteiger partial charge in [0.1, 0.15) is 17.3 Å². The van der Waals surface area contributed by atoms with Crippen molar-refractivity contribution in [2.24, 2.45) is 5.92 Å². The molecule has 6 heteroatoms. The number of carbonyl (C=O) groups excluding carboxylic acids is 1. The minimum atomic E-state index is -3.62. The molecule has 1 atom stereocenters. The third kappa shape index (κ3) is 6.89. The molecule has 3 aromatic rings. The van der Waals surface area contributed by atoms with Gasteiger partial charge in [-0.05, 0) is 50.3 Å². The Hall–Kier alpha value is -2.73. The number of oxazole rings is 1. The monoisotopic (exact) mass is 439 g/mol. The van der Waals surface area contributed by atoms with Crippen LogP contribution in [0.1, 0.15) is 42.3 Å². The summed E-state index contributed by atoms with van der Waals surface area (Å²) in [5, 5.41) is 0. The summed E-state index contributed by atoms with van der Waals surface area (Å²) >= 11 is 0. The van der Waals surface area contributed by atoms with Gasteiger partial charge in [0.15, 0.2) is 9.84 Å². The highest BCUT2D eigenvalue weighted by atomic mass is 32.2.